The minimum atomic E-state index is -3.02. The molecule has 1 amide bonds. The molecule has 0 saturated carbocycles. The normalized spacial score (nSPS) is 10.9. The molecule has 0 spiro atoms. The molecule has 0 heterocycles. The van der Waals surface area contributed by atoms with Crippen LogP contribution in [0.3, 0.4) is 0 Å². The Hall–Kier alpha value is -3.56. The van der Waals surface area contributed by atoms with Gasteiger partial charge in [0.05, 0.1) is 17.7 Å². The first-order valence-electron chi connectivity index (χ1n) is 7.36. The van der Waals surface area contributed by atoms with Crippen LogP contribution in [-0.4, -0.2) is 24.6 Å². The zero-order valence-electron chi connectivity index (χ0n) is 13.8. The Balaban J connectivity index is 2.13. The van der Waals surface area contributed by atoms with Gasteiger partial charge in [0.1, 0.15) is 5.82 Å². The van der Waals surface area contributed by atoms with Gasteiger partial charge in [-0.3, -0.25) is 14.9 Å². The minimum absolute atomic E-state index is 0.0302. The van der Waals surface area contributed by atoms with E-state index in [0.717, 1.165) is 24.3 Å². The van der Waals surface area contributed by atoms with Crippen molar-refractivity contribution in [2.24, 2.45) is 0 Å². The van der Waals surface area contributed by atoms with Crippen LogP contribution in [0.25, 0.3) is 6.08 Å². The van der Waals surface area contributed by atoms with Crippen LogP contribution in [0.15, 0.2) is 42.5 Å². The van der Waals surface area contributed by atoms with Gasteiger partial charge in [0, 0.05) is 18.2 Å². The number of nitrogens with one attached hydrogen (secondary N) is 1. The quantitative estimate of drug-likeness (QED) is 0.444. The van der Waals surface area contributed by atoms with Gasteiger partial charge in [0.2, 0.25) is 5.91 Å². The zero-order chi connectivity index (χ0) is 20.0. The summed E-state index contributed by atoms with van der Waals surface area (Å²) in [6, 6.07) is 6.72. The number of methoxy groups -OCH3 is 1. The summed E-state index contributed by atoms with van der Waals surface area (Å²) in [5.41, 5.74) is -0.310. The van der Waals surface area contributed by atoms with E-state index in [1.165, 1.54) is 31.4 Å². The van der Waals surface area contributed by atoms with Crippen molar-refractivity contribution in [3.8, 4) is 11.5 Å². The van der Waals surface area contributed by atoms with Gasteiger partial charge in [0.15, 0.2) is 11.5 Å². The summed E-state index contributed by atoms with van der Waals surface area (Å²) < 4.78 is 47.4. The molecule has 0 saturated heterocycles. The van der Waals surface area contributed by atoms with Crippen molar-refractivity contribution in [1.82, 2.24) is 0 Å². The maximum Gasteiger partial charge on any atom is 0.387 e. The number of alkyl halides is 2. The Morgan fingerprint density at radius 1 is 1.22 bits per heavy atom. The van der Waals surface area contributed by atoms with Crippen molar-refractivity contribution >= 4 is 23.4 Å². The number of ether oxygens (including phenoxy) is 2. The number of carbonyl (C=O) groups excluding carboxylic acids is 1. The van der Waals surface area contributed by atoms with Crippen molar-refractivity contribution in [3.63, 3.8) is 0 Å². The van der Waals surface area contributed by atoms with Gasteiger partial charge in [-0.25, -0.2) is 4.39 Å². The molecule has 0 bridgehead atoms. The molecule has 0 radical (unpaired) electrons. The van der Waals surface area contributed by atoms with Gasteiger partial charge >= 0.3 is 6.61 Å². The predicted molar refractivity (Wildman–Crippen MR) is 90.3 cm³/mol. The third-order valence-corrected chi connectivity index (χ3v) is 3.25. The van der Waals surface area contributed by atoms with Gasteiger partial charge in [0.25, 0.3) is 5.69 Å². The number of anilines is 1. The first-order chi connectivity index (χ1) is 12.8. The van der Waals surface area contributed by atoms with E-state index in [9.17, 15) is 28.1 Å². The Labute approximate surface area is 151 Å². The van der Waals surface area contributed by atoms with E-state index < -0.39 is 23.3 Å². The fraction of sp³-hybridized carbons (Fsp3) is 0.118. The fourth-order valence-corrected chi connectivity index (χ4v) is 2.05. The highest BCUT2D eigenvalue weighted by Crippen LogP contribution is 2.30. The van der Waals surface area contributed by atoms with Crippen molar-refractivity contribution in [2.75, 3.05) is 12.4 Å². The number of nitrogens with zero attached hydrogens (tertiary/aromatic N) is 1. The Morgan fingerprint density at radius 3 is 2.59 bits per heavy atom. The smallest absolute Gasteiger partial charge is 0.387 e. The number of hydrogen-bond donors (Lipinski definition) is 1. The van der Waals surface area contributed by atoms with E-state index in [0.29, 0.717) is 5.56 Å². The molecule has 0 atom stereocenters. The minimum Gasteiger partial charge on any atom is -0.493 e. The summed E-state index contributed by atoms with van der Waals surface area (Å²) in [5.74, 6) is -1.73. The average molecular weight is 382 g/mol. The molecule has 10 heteroatoms. The molecule has 142 valence electrons. The highest BCUT2D eigenvalue weighted by molar-refractivity contribution is 6.02. The van der Waals surface area contributed by atoms with Crippen molar-refractivity contribution < 1.29 is 32.4 Å². The van der Waals surface area contributed by atoms with Crippen LogP contribution in [-0.2, 0) is 4.79 Å². The Kier molecular flexibility index (Phi) is 6.36. The summed E-state index contributed by atoms with van der Waals surface area (Å²) in [5, 5.41) is 12.9. The molecule has 2 aromatic rings. The van der Waals surface area contributed by atoms with E-state index in [1.807, 2.05) is 0 Å². The number of non-ortho nitro benzene ring substituents is 1. The summed E-state index contributed by atoms with van der Waals surface area (Å²) in [4.78, 5) is 21.9. The second-order valence-corrected chi connectivity index (χ2v) is 5.03. The summed E-state index contributed by atoms with van der Waals surface area (Å²) in [7, 11) is 1.26. The summed E-state index contributed by atoms with van der Waals surface area (Å²) in [6.45, 7) is -3.02. The number of benzene rings is 2. The maximum atomic E-state index is 13.7. The topological polar surface area (TPSA) is 90.7 Å². The van der Waals surface area contributed by atoms with Crippen LogP contribution in [0, 0.1) is 15.9 Å². The monoisotopic (exact) mass is 382 g/mol. The molecular formula is C17H13F3N2O5. The number of halogens is 3. The molecule has 0 aliphatic rings. The standard InChI is InChI=1S/C17H13F3N2O5/c1-26-15-8-10(2-6-14(15)27-17(19)20)3-7-16(23)21-13-9-11(22(24)25)4-5-12(13)18/h2-9,17H,1H3,(H,21,23)/b7-3+. The number of carbonyl (C=O) groups is 1. The largest absolute Gasteiger partial charge is 0.493 e. The second kappa shape index (κ2) is 8.70. The summed E-state index contributed by atoms with van der Waals surface area (Å²) in [6.07, 6.45) is 2.36. The van der Waals surface area contributed by atoms with E-state index in [1.54, 1.807) is 0 Å². The molecule has 1 N–H and O–H groups in total. The molecule has 2 aromatic carbocycles. The number of rotatable bonds is 7. The van der Waals surface area contributed by atoms with Crippen LogP contribution < -0.4 is 14.8 Å². The van der Waals surface area contributed by atoms with E-state index in [-0.39, 0.29) is 22.9 Å². The lowest BCUT2D eigenvalue weighted by Crippen LogP contribution is -2.09. The highest BCUT2D eigenvalue weighted by Gasteiger charge is 2.13. The van der Waals surface area contributed by atoms with Crippen LogP contribution in [0.2, 0.25) is 0 Å². The molecule has 0 aromatic heterocycles. The predicted octanol–water partition coefficient (Wildman–Crippen LogP) is 4.00. The Morgan fingerprint density at radius 2 is 1.96 bits per heavy atom. The molecule has 0 aliphatic carbocycles. The lowest BCUT2D eigenvalue weighted by Gasteiger charge is -2.10. The van der Waals surface area contributed by atoms with Crippen LogP contribution in [0.4, 0.5) is 24.5 Å². The molecule has 0 unspecified atom stereocenters. The average Bonchev–Trinajstić information content (AvgIpc) is 2.62. The van der Waals surface area contributed by atoms with Crippen molar-refractivity contribution in [3.05, 3.63) is 64.0 Å². The van der Waals surface area contributed by atoms with E-state index in [2.05, 4.69) is 10.1 Å². The third-order valence-electron chi connectivity index (χ3n) is 3.25. The van der Waals surface area contributed by atoms with E-state index in [4.69, 9.17) is 4.74 Å². The first kappa shape index (κ1) is 19.8. The van der Waals surface area contributed by atoms with Gasteiger partial charge in [-0.15, -0.1) is 0 Å². The van der Waals surface area contributed by atoms with Gasteiger partial charge in [-0.2, -0.15) is 8.78 Å². The lowest BCUT2D eigenvalue weighted by molar-refractivity contribution is -0.384. The van der Waals surface area contributed by atoms with Crippen LogP contribution in [0.5, 0.6) is 11.5 Å². The third kappa shape index (κ3) is 5.46. The lowest BCUT2D eigenvalue weighted by atomic mass is 10.2. The van der Waals surface area contributed by atoms with Crippen molar-refractivity contribution in [2.45, 2.75) is 6.61 Å². The molecular weight excluding hydrogens is 369 g/mol. The van der Waals surface area contributed by atoms with Crippen LogP contribution in [0.1, 0.15) is 5.56 Å². The number of nitro groups is 1. The van der Waals surface area contributed by atoms with Crippen LogP contribution >= 0.6 is 0 Å². The number of amides is 1. The molecule has 2 rings (SSSR count). The maximum absolute atomic E-state index is 13.7. The molecule has 27 heavy (non-hydrogen) atoms. The second-order valence-electron chi connectivity index (χ2n) is 5.03. The zero-order valence-corrected chi connectivity index (χ0v) is 13.8. The molecule has 7 nitrogen and oxygen atoms in total. The number of hydrogen-bond acceptors (Lipinski definition) is 5. The van der Waals surface area contributed by atoms with Gasteiger partial charge in [-0.1, -0.05) is 6.07 Å². The summed E-state index contributed by atoms with van der Waals surface area (Å²) >= 11 is 0. The fourth-order valence-electron chi connectivity index (χ4n) is 2.05. The molecule has 0 aliphatic heterocycles. The van der Waals surface area contributed by atoms with Gasteiger partial charge in [-0.05, 0) is 29.8 Å². The Bertz CT molecular complexity index is 887. The van der Waals surface area contributed by atoms with Gasteiger partial charge < -0.3 is 14.8 Å². The van der Waals surface area contributed by atoms with E-state index >= 15 is 0 Å². The highest BCUT2D eigenvalue weighted by atomic mass is 19.3. The first-order valence-corrected chi connectivity index (χ1v) is 7.36. The molecule has 0 fully saturated rings. The number of nitro benzene ring substituents is 1. The SMILES string of the molecule is COc1cc(/C=C/C(=O)Nc2cc([N+](=O)[O-])ccc2F)ccc1OC(F)F. The van der Waals surface area contributed by atoms with Crippen molar-refractivity contribution in [1.29, 1.82) is 0 Å².